The van der Waals surface area contributed by atoms with Gasteiger partial charge in [0.05, 0.1) is 0 Å². The number of halogens is 3. The minimum atomic E-state index is -4.00. The van der Waals surface area contributed by atoms with Gasteiger partial charge < -0.3 is 0 Å². The lowest BCUT2D eigenvalue weighted by molar-refractivity contribution is -0.120. The number of nitrogens with zero attached hydrogens (tertiary/aromatic N) is 2. The van der Waals surface area contributed by atoms with Crippen LogP contribution in [-0.2, 0) is 39.6 Å². The maximum atomic E-state index is 13.1. The van der Waals surface area contributed by atoms with Gasteiger partial charge in [0, 0.05) is 92.3 Å². The fourth-order valence-corrected chi connectivity index (χ4v) is 19.9. The van der Waals surface area contributed by atoms with Crippen LogP contribution in [0.5, 0.6) is 0 Å². The van der Waals surface area contributed by atoms with Gasteiger partial charge in [-0.1, -0.05) is 116 Å². The van der Waals surface area contributed by atoms with Crippen molar-refractivity contribution in [2.75, 3.05) is 0 Å². The zero-order valence-electron chi connectivity index (χ0n) is 54.1. The predicted octanol–water partition coefficient (Wildman–Crippen LogP) is 20.1. The standard InChI is InChI=1S/C39H22O4S2.C37H32N2O4S2.C2H3F3.C2H6/c1-39(2)31-13-19-11-21(15-29-23-7-3-5-9-25(23)35(40)37(29)42)44-33(19)17-27(31)28-18-34-20(14-32(28)39)12-22(45-34)16-30-24-8-4-6-10-26(24)36(41)38(30)43;1-37(2)25-11-17-13-29(38-31-33(40)19-7-3-4-8-20(19)34(31)41)44-27(17)15-23(25)24-16-28-18(12-26(24)37)14-30(45-28)39-32-35(42)21-9-5-6-10-22(21)36(32)43;1-2(3,4)5;1-2/h3-18H,1-2H3;11-16,19-22H,3-10H2,1-2H3;1H3;1-2H3/b29-15-,30-16-;;;. The van der Waals surface area contributed by atoms with Crippen molar-refractivity contribution >= 4 is 177 Å². The number of thiophene rings is 4. The molecule has 0 N–H and O–H groups in total. The molecule has 4 aromatic heterocycles. The first-order valence-corrected chi connectivity index (χ1v) is 36.2. The quantitative estimate of drug-likeness (QED) is 0.124. The molecule has 4 saturated carbocycles. The van der Waals surface area contributed by atoms with Crippen LogP contribution >= 0.6 is 45.3 Å². The normalized spacial score (nSPS) is 21.5. The molecule has 0 spiro atoms. The maximum absolute atomic E-state index is 13.1. The van der Waals surface area contributed by atoms with Crippen LogP contribution in [-0.4, -0.2) is 63.9 Å². The SMILES string of the molecule is CC.CC(F)(F)F.CC1(C)c2cc3cc(/C=C4\C(=O)C(=O)c5ccccc54)sc3cc2-c2cc3sc(/C=C4\C(=O)C(=O)c5ccccc54)cc3cc21.CC1(C)c2cc3cc(N=C4C(=O)C5CCCCC5C4=O)sc3cc2-c2cc3sc(N=C4C(=O)C5CCCCC5C4=O)cc3cc21. The van der Waals surface area contributed by atoms with Crippen molar-refractivity contribution in [1.82, 2.24) is 0 Å². The third-order valence-corrected chi connectivity index (χ3v) is 24.6. The Kier molecular flexibility index (Phi) is 15.7. The summed E-state index contributed by atoms with van der Waals surface area (Å²) in [4.78, 5) is 114. The number of carbonyl (C=O) groups excluding carboxylic acids is 8. The Hall–Kier alpha value is -8.87. The molecule has 4 heterocycles. The Bertz CT molecular complexity index is 4990. The van der Waals surface area contributed by atoms with E-state index in [1.807, 2.05) is 62.4 Å². The zero-order chi connectivity index (χ0) is 68.0. The summed E-state index contributed by atoms with van der Waals surface area (Å²) in [6.45, 7) is 13.2. The van der Waals surface area contributed by atoms with Crippen molar-refractivity contribution < 1.29 is 51.5 Å². The third kappa shape index (κ3) is 10.7. The predicted molar refractivity (Wildman–Crippen MR) is 385 cm³/mol. The smallest absolute Gasteiger partial charge is 0.292 e. The van der Waals surface area contributed by atoms with Crippen LogP contribution in [0, 0.1) is 23.7 Å². The second-order valence-electron chi connectivity index (χ2n) is 27.1. The molecule has 486 valence electrons. The molecular formula is C80H63F3N2O8S4. The van der Waals surface area contributed by atoms with Crippen LogP contribution < -0.4 is 0 Å². The van der Waals surface area contributed by atoms with Crippen LogP contribution in [0.2, 0.25) is 0 Å². The van der Waals surface area contributed by atoms with E-state index in [1.54, 1.807) is 46.9 Å². The van der Waals surface area contributed by atoms with Crippen molar-refractivity contribution in [3.63, 3.8) is 0 Å². The van der Waals surface area contributed by atoms with Gasteiger partial charge in [-0.15, -0.1) is 45.3 Å². The maximum Gasteiger partial charge on any atom is 0.386 e. The second kappa shape index (κ2) is 23.7. The van der Waals surface area contributed by atoms with E-state index in [9.17, 15) is 51.5 Å². The summed E-state index contributed by atoms with van der Waals surface area (Å²) >= 11 is 6.29. The first-order valence-electron chi connectivity index (χ1n) is 32.9. The Morgan fingerprint density at radius 3 is 0.979 bits per heavy atom. The molecular weight excluding hydrogens is 1300 g/mol. The fraction of sp³-hybridized carbons (Fsp3) is 0.275. The molecule has 4 atom stereocenters. The average molecular weight is 1370 g/mol. The molecule has 0 saturated heterocycles. The Labute approximate surface area is 572 Å². The second-order valence-corrected chi connectivity index (χ2v) is 31.5. The van der Waals surface area contributed by atoms with Gasteiger partial charge in [-0.3, -0.25) is 38.4 Å². The van der Waals surface area contributed by atoms with Crippen LogP contribution in [0.3, 0.4) is 0 Å². The highest BCUT2D eigenvalue weighted by Crippen LogP contribution is 2.56. The number of rotatable bonds is 4. The van der Waals surface area contributed by atoms with Gasteiger partial charge in [0.1, 0.15) is 10.0 Å². The summed E-state index contributed by atoms with van der Waals surface area (Å²) in [7, 11) is 0. The van der Waals surface area contributed by atoms with Gasteiger partial charge in [-0.2, -0.15) is 13.2 Å². The van der Waals surface area contributed by atoms with E-state index in [0.29, 0.717) is 43.4 Å². The van der Waals surface area contributed by atoms with Crippen molar-refractivity contribution in [2.45, 2.75) is 117 Å². The minimum Gasteiger partial charge on any atom is -0.292 e. The van der Waals surface area contributed by atoms with Gasteiger partial charge in [-0.25, -0.2) is 9.98 Å². The van der Waals surface area contributed by atoms with Gasteiger partial charge in [-0.05, 0) is 188 Å². The van der Waals surface area contributed by atoms with Crippen molar-refractivity contribution in [1.29, 1.82) is 0 Å². The number of benzene rings is 6. The minimum absolute atomic E-state index is 0.0656. The van der Waals surface area contributed by atoms with Gasteiger partial charge in [0.25, 0.3) is 0 Å². The van der Waals surface area contributed by atoms with Crippen LogP contribution in [0.25, 0.3) is 85.9 Å². The summed E-state index contributed by atoms with van der Waals surface area (Å²) in [5, 5.41) is 5.78. The first kappa shape index (κ1) is 64.1. The highest BCUT2D eigenvalue weighted by Gasteiger charge is 2.49. The lowest BCUT2D eigenvalue weighted by Gasteiger charge is -2.21. The molecule has 10 nitrogen and oxygen atoms in total. The molecule has 6 aromatic carbocycles. The number of alkyl halides is 3. The topological polar surface area (TPSA) is 161 Å². The molecule has 10 aromatic rings. The molecule has 0 bridgehead atoms. The van der Waals surface area contributed by atoms with Crippen LogP contribution in [0.4, 0.5) is 23.2 Å². The van der Waals surface area contributed by atoms with Gasteiger partial charge >= 0.3 is 6.18 Å². The third-order valence-electron chi connectivity index (χ3n) is 20.6. The van der Waals surface area contributed by atoms with Gasteiger partial charge in [0.15, 0.2) is 34.6 Å². The highest BCUT2D eigenvalue weighted by atomic mass is 32.1. The Balaban J connectivity index is 0.000000145. The van der Waals surface area contributed by atoms with Crippen LogP contribution in [0.15, 0.2) is 131 Å². The van der Waals surface area contributed by atoms with E-state index in [2.05, 4.69) is 98.3 Å². The van der Waals surface area contributed by atoms with Crippen molar-refractivity contribution in [3.05, 3.63) is 176 Å². The number of carbonyl (C=O) groups is 8. The van der Waals surface area contributed by atoms with Crippen molar-refractivity contribution in [3.8, 4) is 22.3 Å². The van der Waals surface area contributed by atoms with E-state index < -0.39 is 29.3 Å². The van der Waals surface area contributed by atoms with Crippen molar-refractivity contribution in [2.24, 2.45) is 33.7 Å². The van der Waals surface area contributed by atoms with E-state index >= 15 is 0 Å². The molecule has 4 fully saturated rings. The summed E-state index contributed by atoms with van der Waals surface area (Å²) in [5.74, 6) is -2.75. The number of Topliss-reactive ketones (excluding diaryl/α,β-unsaturated/α-hetero) is 8. The van der Waals surface area contributed by atoms with E-state index in [4.69, 9.17) is 0 Å². The fourth-order valence-electron chi connectivity index (χ4n) is 15.9. The largest absolute Gasteiger partial charge is 0.386 e. The van der Waals surface area contributed by atoms with Gasteiger partial charge in [0.2, 0.25) is 23.1 Å². The molecule has 8 aliphatic carbocycles. The lowest BCUT2D eigenvalue weighted by Crippen LogP contribution is -2.21. The molecule has 4 unspecified atom stereocenters. The summed E-state index contributed by atoms with van der Waals surface area (Å²) in [6.07, 6.45) is 6.92. The molecule has 0 radical (unpaired) electrons. The first-order chi connectivity index (χ1) is 46.4. The summed E-state index contributed by atoms with van der Waals surface area (Å²) in [6, 6.07) is 40.6. The monoisotopic (exact) mass is 1360 g/mol. The highest BCUT2D eigenvalue weighted by molar-refractivity contribution is 7.23. The number of ketones is 8. The molecule has 18 rings (SSSR count). The number of allylic oxidation sites excluding steroid dienone is 2. The Morgan fingerprint density at radius 1 is 0.392 bits per heavy atom. The summed E-state index contributed by atoms with van der Waals surface area (Å²) < 4.78 is 35.4. The lowest BCUT2D eigenvalue weighted by atomic mass is 9.81. The average Bonchev–Trinajstić information content (AvgIpc) is 1.56. The molecule has 0 amide bonds. The Morgan fingerprint density at radius 2 is 0.670 bits per heavy atom. The number of fused-ring (bicyclic) bond motifs is 14. The number of aliphatic imine (C=N–C) groups is 2. The zero-order valence-corrected chi connectivity index (χ0v) is 57.4. The molecule has 17 heteroatoms. The molecule has 0 aliphatic heterocycles. The van der Waals surface area contributed by atoms with Crippen LogP contribution in [0.1, 0.15) is 164 Å². The molecule has 97 heavy (non-hydrogen) atoms. The summed E-state index contributed by atoms with van der Waals surface area (Å²) in [5.41, 5.74) is 12.8. The van der Waals surface area contributed by atoms with E-state index in [0.717, 1.165) is 101 Å². The number of hydrogen-bond acceptors (Lipinski definition) is 14. The molecule has 8 aliphatic rings. The number of hydrogen-bond donors (Lipinski definition) is 0. The van der Waals surface area contributed by atoms with E-state index in [-0.39, 0.29) is 76.0 Å². The van der Waals surface area contributed by atoms with E-state index in [1.165, 1.54) is 67.2 Å².